The van der Waals surface area contributed by atoms with Crippen molar-refractivity contribution in [2.45, 2.75) is 21.1 Å². The fourth-order valence-corrected chi connectivity index (χ4v) is 4.32. The predicted octanol–water partition coefficient (Wildman–Crippen LogP) is 4.75. The summed E-state index contributed by atoms with van der Waals surface area (Å²) in [7, 11) is 0. The number of hydrogen-bond acceptors (Lipinski definition) is 5. The van der Waals surface area contributed by atoms with Gasteiger partial charge in [0.2, 0.25) is 5.91 Å². The van der Waals surface area contributed by atoms with Crippen LogP contribution in [0.25, 0.3) is 0 Å². The van der Waals surface area contributed by atoms with Crippen LogP contribution in [0.3, 0.4) is 0 Å². The first-order valence-electron chi connectivity index (χ1n) is 7.73. The van der Waals surface area contributed by atoms with E-state index in [9.17, 15) is 18.0 Å². The molecule has 0 unspecified atom stereocenters. The van der Waals surface area contributed by atoms with E-state index in [4.69, 9.17) is 0 Å². The van der Waals surface area contributed by atoms with Crippen molar-refractivity contribution in [1.82, 2.24) is 15.2 Å². The molecule has 1 aromatic heterocycles. The first-order chi connectivity index (χ1) is 12.9. The Morgan fingerprint density at radius 2 is 1.93 bits per heavy atom. The predicted molar refractivity (Wildman–Crippen MR) is 96.3 cm³/mol. The number of para-hydroxylation sites is 1. The Bertz CT molecular complexity index is 992. The summed E-state index contributed by atoms with van der Waals surface area (Å²) in [5.74, 6) is -0.339. The van der Waals surface area contributed by atoms with E-state index in [2.05, 4.69) is 15.2 Å². The summed E-state index contributed by atoms with van der Waals surface area (Å²) in [6.07, 6.45) is -3.16. The van der Waals surface area contributed by atoms with E-state index >= 15 is 0 Å². The van der Waals surface area contributed by atoms with Gasteiger partial charge in [-0.25, -0.2) is 4.98 Å². The summed E-state index contributed by atoms with van der Waals surface area (Å²) >= 11 is 2.48. The Labute approximate surface area is 160 Å². The lowest BCUT2D eigenvalue weighted by atomic mass is 10.1. The largest absolute Gasteiger partial charge is 0.416 e. The molecule has 0 spiro atoms. The molecule has 2 heterocycles. The summed E-state index contributed by atoms with van der Waals surface area (Å²) in [5, 5.41) is 6.82. The Morgan fingerprint density at radius 3 is 2.67 bits per heavy atom. The number of halogens is 3. The van der Waals surface area contributed by atoms with Gasteiger partial charge in [0.15, 0.2) is 5.16 Å². The van der Waals surface area contributed by atoms with Crippen molar-refractivity contribution < 1.29 is 18.0 Å². The normalized spacial score (nSPS) is 13.2. The SMILES string of the molecule is O=C(CSc1ncn[nH]1)N1c2ccccc2Sc2ccc(C(F)(F)F)cc21. The lowest BCUT2D eigenvalue weighted by Crippen LogP contribution is -2.30. The molecule has 27 heavy (non-hydrogen) atoms. The van der Waals surface area contributed by atoms with Gasteiger partial charge < -0.3 is 0 Å². The van der Waals surface area contributed by atoms with Crippen LogP contribution in [0, 0.1) is 0 Å². The molecule has 10 heteroatoms. The van der Waals surface area contributed by atoms with Gasteiger partial charge in [-0.05, 0) is 30.3 Å². The Balaban J connectivity index is 1.73. The van der Waals surface area contributed by atoms with Gasteiger partial charge in [-0.3, -0.25) is 14.8 Å². The Morgan fingerprint density at radius 1 is 1.15 bits per heavy atom. The molecule has 1 amide bonds. The van der Waals surface area contributed by atoms with Crippen molar-refractivity contribution in [2.24, 2.45) is 0 Å². The minimum Gasteiger partial charge on any atom is -0.278 e. The van der Waals surface area contributed by atoms with Crippen LogP contribution in [-0.4, -0.2) is 26.8 Å². The molecule has 5 nitrogen and oxygen atoms in total. The number of thioether (sulfide) groups is 1. The molecule has 0 fully saturated rings. The van der Waals surface area contributed by atoms with Crippen molar-refractivity contribution in [2.75, 3.05) is 10.7 Å². The second kappa shape index (κ2) is 6.93. The fourth-order valence-electron chi connectivity index (χ4n) is 2.66. The molecule has 1 aliphatic heterocycles. The number of nitrogens with one attached hydrogen (secondary N) is 1. The molecule has 1 N–H and O–H groups in total. The van der Waals surface area contributed by atoms with Crippen molar-refractivity contribution in [3.8, 4) is 0 Å². The summed E-state index contributed by atoms with van der Waals surface area (Å²) in [6, 6.07) is 10.6. The van der Waals surface area contributed by atoms with E-state index in [0.717, 1.165) is 28.8 Å². The highest BCUT2D eigenvalue weighted by molar-refractivity contribution is 8.00. The lowest BCUT2D eigenvalue weighted by molar-refractivity contribution is -0.137. The minimum atomic E-state index is -4.49. The van der Waals surface area contributed by atoms with E-state index < -0.39 is 11.7 Å². The van der Waals surface area contributed by atoms with Crippen molar-refractivity contribution in [1.29, 1.82) is 0 Å². The molecule has 0 bridgehead atoms. The molecule has 138 valence electrons. The fraction of sp³-hybridized carbons (Fsp3) is 0.118. The number of carbonyl (C=O) groups excluding carboxylic acids is 1. The Kier molecular flexibility index (Phi) is 4.60. The average molecular weight is 408 g/mol. The summed E-state index contributed by atoms with van der Waals surface area (Å²) in [4.78, 5) is 19.6. The lowest BCUT2D eigenvalue weighted by Gasteiger charge is -2.31. The first kappa shape index (κ1) is 17.9. The molecule has 0 radical (unpaired) electrons. The van der Waals surface area contributed by atoms with Crippen LogP contribution < -0.4 is 4.90 Å². The van der Waals surface area contributed by atoms with Crippen molar-refractivity contribution >= 4 is 40.8 Å². The number of carbonyl (C=O) groups is 1. The molecule has 0 saturated heterocycles. The van der Waals surface area contributed by atoms with Crippen molar-refractivity contribution in [3.05, 3.63) is 54.4 Å². The quantitative estimate of drug-likeness (QED) is 0.634. The van der Waals surface area contributed by atoms with E-state index in [1.807, 2.05) is 12.1 Å². The maximum atomic E-state index is 13.2. The summed E-state index contributed by atoms with van der Waals surface area (Å²) < 4.78 is 39.5. The third-order valence-electron chi connectivity index (χ3n) is 3.83. The molecule has 3 aromatic rings. The zero-order valence-corrected chi connectivity index (χ0v) is 15.2. The van der Waals surface area contributed by atoms with E-state index in [1.165, 1.54) is 29.1 Å². The van der Waals surface area contributed by atoms with Gasteiger partial charge in [-0.2, -0.15) is 18.3 Å². The van der Waals surface area contributed by atoms with Crippen LogP contribution >= 0.6 is 23.5 Å². The monoisotopic (exact) mass is 408 g/mol. The number of nitrogens with zero attached hydrogens (tertiary/aromatic N) is 3. The molecule has 4 rings (SSSR count). The highest BCUT2D eigenvalue weighted by Crippen LogP contribution is 2.49. The van der Waals surface area contributed by atoms with Crippen LogP contribution in [0.15, 0.2) is 63.7 Å². The maximum Gasteiger partial charge on any atom is 0.416 e. The zero-order valence-electron chi connectivity index (χ0n) is 13.5. The van der Waals surface area contributed by atoms with E-state index in [0.29, 0.717) is 15.7 Å². The number of hydrogen-bond donors (Lipinski definition) is 1. The number of aromatic amines is 1. The van der Waals surface area contributed by atoms with Gasteiger partial charge >= 0.3 is 6.18 Å². The third kappa shape index (κ3) is 3.54. The minimum absolute atomic E-state index is 0.00385. The summed E-state index contributed by atoms with van der Waals surface area (Å²) in [6.45, 7) is 0. The van der Waals surface area contributed by atoms with Crippen LogP contribution in [0.5, 0.6) is 0 Å². The molecular weight excluding hydrogens is 397 g/mol. The number of fused-ring (bicyclic) bond motifs is 2. The van der Waals surface area contributed by atoms with Gasteiger partial charge in [0.05, 0.1) is 22.7 Å². The standard InChI is InChI=1S/C17H11F3N4OS2/c18-17(19,20)10-5-6-14-12(7-10)24(11-3-1-2-4-13(11)27-14)15(25)8-26-16-21-9-22-23-16/h1-7,9H,8H2,(H,21,22,23). The van der Waals surface area contributed by atoms with Gasteiger partial charge in [0, 0.05) is 9.79 Å². The van der Waals surface area contributed by atoms with Crippen molar-refractivity contribution in [3.63, 3.8) is 0 Å². The van der Waals surface area contributed by atoms with Crippen LogP contribution in [0.4, 0.5) is 24.5 Å². The number of aromatic nitrogens is 3. The molecule has 0 aliphatic carbocycles. The van der Waals surface area contributed by atoms with Gasteiger partial charge in [0.1, 0.15) is 6.33 Å². The van der Waals surface area contributed by atoms with Gasteiger partial charge in [-0.15, -0.1) is 0 Å². The zero-order chi connectivity index (χ0) is 19.0. The summed E-state index contributed by atoms with van der Waals surface area (Å²) in [5.41, 5.74) is 0.0103. The average Bonchev–Trinajstić information content (AvgIpc) is 3.16. The number of H-pyrrole nitrogens is 1. The Hall–Kier alpha value is -2.46. The highest BCUT2D eigenvalue weighted by Gasteiger charge is 2.34. The van der Waals surface area contributed by atoms with Gasteiger partial charge in [0.25, 0.3) is 0 Å². The van der Waals surface area contributed by atoms with E-state index in [1.54, 1.807) is 12.1 Å². The number of rotatable bonds is 3. The van der Waals surface area contributed by atoms with Crippen LogP contribution in [0.1, 0.15) is 5.56 Å². The van der Waals surface area contributed by atoms with E-state index in [-0.39, 0.29) is 17.3 Å². The maximum absolute atomic E-state index is 13.2. The molecule has 0 saturated carbocycles. The van der Waals surface area contributed by atoms with Crippen LogP contribution in [0.2, 0.25) is 0 Å². The molecule has 0 atom stereocenters. The first-order valence-corrected chi connectivity index (χ1v) is 9.53. The molecular formula is C17H11F3N4OS2. The molecule has 2 aromatic carbocycles. The third-order valence-corrected chi connectivity index (χ3v) is 5.82. The van der Waals surface area contributed by atoms with Gasteiger partial charge in [-0.1, -0.05) is 35.7 Å². The molecule has 1 aliphatic rings. The number of benzene rings is 2. The van der Waals surface area contributed by atoms with Crippen LogP contribution in [-0.2, 0) is 11.0 Å². The second-order valence-corrected chi connectivity index (χ2v) is 7.61. The number of alkyl halides is 3. The highest BCUT2D eigenvalue weighted by atomic mass is 32.2. The second-order valence-electron chi connectivity index (χ2n) is 5.56. The smallest absolute Gasteiger partial charge is 0.278 e. The number of anilines is 2. The topological polar surface area (TPSA) is 61.9 Å². The number of amides is 1.